The Balaban J connectivity index is 0.00000300. The maximum absolute atomic E-state index is 5.59. The summed E-state index contributed by atoms with van der Waals surface area (Å²) >= 11 is 0. The molecular formula is C20H31IN6O2. The van der Waals surface area contributed by atoms with E-state index in [4.69, 9.17) is 9.26 Å². The third kappa shape index (κ3) is 6.84. The molecule has 0 bridgehead atoms. The standard InChI is InChI=1S/C20H30N6O2.HI/c1-14(2)18-9-17(28-25-18)12-24-20(21-4)23-11-16-5-6-19(22-10-16)26-7-8-27-15(3)13-26;/h5-6,9-10,14-15H,7-8,11-13H2,1-4H3,(H2,21,23,24);1H. The molecule has 8 nitrogen and oxygen atoms in total. The molecule has 0 spiro atoms. The summed E-state index contributed by atoms with van der Waals surface area (Å²) < 4.78 is 10.9. The van der Waals surface area contributed by atoms with E-state index in [-0.39, 0.29) is 30.1 Å². The van der Waals surface area contributed by atoms with Gasteiger partial charge in [0.25, 0.3) is 0 Å². The summed E-state index contributed by atoms with van der Waals surface area (Å²) in [5, 5.41) is 10.6. The van der Waals surface area contributed by atoms with Gasteiger partial charge in [-0.2, -0.15) is 0 Å². The van der Waals surface area contributed by atoms with Gasteiger partial charge >= 0.3 is 0 Å². The summed E-state index contributed by atoms with van der Waals surface area (Å²) in [5.41, 5.74) is 2.05. The second kappa shape index (κ2) is 11.3. The van der Waals surface area contributed by atoms with Gasteiger partial charge < -0.3 is 24.8 Å². The van der Waals surface area contributed by atoms with Crippen LogP contribution in [0.4, 0.5) is 5.82 Å². The summed E-state index contributed by atoms with van der Waals surface area (Å²) in [7, 11) is 1.75. The predicted octanol–water partition coefficient (Wildman–Crippen LogP) is 2.90. The summed E-state index contributed by atoms with van der Waals surface area (Å²) in [6.45, 7) is 9.95. The maximum Gasteiger partial charge on any atom is 0.191 e. The number of ether oxygens (including phenoxy) is 1. The van der Waals surface area contributed by atoms with E-state index in [9.17, 15) is 0 Å². The molecule has 0 aliphatic carbocycles. The van der Waals surface area contributed by atoms with E-state index >= 15 is 0 Å². The number of nitrogens with one attached hydrogen (secondary N) is 2. The first-order valence-corrected chi connectivity index (χ1v) is 9.76. The highest BCUT2D eigenvalue weighted by Crippen LogP contribution is 2.16. The molecular weight excluding hydrogens is 483 g/mol. The summed E-state index contributed by atoms with van der Waals surface area (Å²) in [5.74, 6) is 2.84. The minimum atomic E-state index is 0. The Bertz CT molecular complexity index is 778. The number of morpholine rings is 1. The first-order valence-electron chi connectivity index (χ1n) is 9.76. The molecule has 0 aromatic carbocycles. The first kappa shape index (κ1) is 23.4. The average Bonchev–Trinajstić information content (AvgIpc) is 3.18. The monoisotopic (exact) mass is 514 g/mol. The molecule has 1 aliphatic rings. The molecule has 9 heteroatoms. The number of pyridine rings is 1. The van der Waals surface area contributed by atoms with Crippen molar-refractivity contribution in [3.63, 3.8) is 0 Å². The first-order chi connectivity index (χ1) is 13.5. The number of guanidine groups is 1. The van der Waals surface area contributed by atoms with Crippen LogP contribution in [0, 0.1) is 0 Å². The van der Waals surface area contributed by atoms with Gasteiger partial charge in [-0.25, -0.2) is 4.98 Å². The molecule has 0 amide bonds. The van der Waals surface area contributed by atoms with Gasteiger partial charge in [0.15, 0.2) is 11.7 Å². The third-order valence-corrected chi connectivity index (χ3v) is 4.66. The Hall–Kier alpha value is -1.88. The Kier molecular flexibility index (Phi) is 9.15. The number of aliphatic imine (C=N–C) groups is 1. The summed E-state index contributed by atoms with van der Waals surface area (Å²) in [4.78, 5) is 11.1. The zero-order chi connectivity index (χ0) is 19.9. The topological polar surface area (TPSA) is 87.8 Å². The lowest BCUT2D eigenvalue weighted by atomic mass is 10.1. The number of aromatic nitrogens is 2. The molecule has 3 rings (SSSR count). The van der Waals surface area contributed by atoms with E-state index < -0.39 is 0 Å². The van der Waals surface area contributed by atoms with Crippen LogP contribution in [0.1, 0.15) is 43.7 Å². The van der Waals surface area contributed by atoms with Crippen LogP contribution < -0.4 is 15.5 Å². The van der Waals surface area contributed by atoms with Crippen LogP contribution >= 0.6 is 24.0 Å². The predicted molar refractivity (Wildman–Crippen MR) is 125 cm³/mol. The molecule has 3 heterocycles. The second-order valence-electron chi connectivity index (χ2n) is 7.30. The van der Waals surface area contributed by atoms with Gasteiger partial charge in [-0.15, -0.1) is 24.0 Å². The molecule has 0 radical (unpaired) electrons. The number of anilines is 1. The number of hydrogen-bond donors (Lipinski definition) is 2. The quantitative estimate of drug-likeness (QED) is 0.348. The molecule has 1 unspecified atom stereocenters. The highest BCUT2D eigenvalue weighted by Gasteiger charge is 2.17. The van der Waals surface area contributed by atoms with Gasteiger partial charge in [0.2, 0.25) is 0 Å². The fourth-order valence-electron chi connectivity index (χ4n) is 3.00. The van der Waals surface area contributed by atoms with Gasteiger partial charge in [0, 0.05) is 38.9 Å². The minimum Gasteiger partial charge on any atom is -0.375 e. The number of hydrogen-bond acceptors (Lipinski definition) is 6. The van der Waals surface area contributed by atoms with E-state index in [1.54, 1.807) is 7.05 Å². The Morgan fingerprint density at radius 1 is 1.31 bits per heavy atom. The van der Waals surface area contributed by atoms with Crippen molar-refractivity contribution in [2.24, 2.45) is 4.99 Å². The molecule has 1 atom stereocenters. The van der Waals surface area contributed by atoms with Gasteiger partial charge in [0.05, 0.1) is 24.9 Å². The van der Waals surface area contributed by atoms with Crippen LogP contribution in [0.2, 0.25) is 0 Å². The molecule has 1 fully saturated rings. The third-order valence-electron chi connectivity index (χ3n) is 4.66. The molecule has 29 heavy (non-hydrogen) atoms. The van der Waals surface area contributed by atoms with Crippen molar-refractivity contribution in [3.05, 3.63) is 41.4 Å². The van der Waals surface area contributed by atoms with Crippen LogP contribution in [-0.2, 0) is 17.8 Å². The Labute approximate surface area is 189 Å². The second-order valence-corrected chi connectivity index (χ2v) is 7.30. The van der Waals surface area contributed by atoms with Gasteiger partial charge in [-0.1, -0.05) is 25.1 Å². The van der Waals surface area contributed by atoms with Crippen molar-refractivity contribution in [1.29, 1.82) is 0 Å². The summed E-state index contributed by atoms with van der Waals surface area (Å²) in [6, 6.07) is 6.13. The van der Waals surface area contributed by atoms with E-state index in [1.807, 2.05) is 12.3 Å². The lowest BCUT2D eigenvalue weighted by Gasteiger charge is -2.32. The molecule has 2 aromatic rings. The van der Waals surface area contributed by atoms with Crippen molar-refractivity contribution >= 4 is 35.8 Å². The lowest BCUT2D eigenvalue weighted by molar-refractivity contribution is 0.0529. The van der Waals surface area contributed by atoms with Gasteiger partial charge in [-0.3, -0.25) is 4.99 Å². The number of rotatable bonds is 6. The largest absolute Gasteiger partial charge is 0.375 e. The maximum atomic E-state index is 5.59. The Morgan fingerprint density at radius 2 is 2.10 bits per heavy atom. The van der Waals surface area contributed by atoms with Crippen molar-refractivity contribution in [1.82, 2.24) is 20.8 Å². The van der Waals surface area contributed by atoms with Gasteiger partial charge in [-0.05, 0) is 24.5 Å². The summed E-state index contributed by atoms with van der Waals surface area (Å²) in [6.07, 6.45) is 2.15. The molecule has 1 aliphatic heterocycles. The molecule has 160 valence electrons. The van der Waals surface area contributed by atoms with E-state index in [2.05, 4.69) is 63.6 Å². The highest BCUT2D eigenvalue weighted by molar-refractivity contribution is 14.0. The van der Waals surface area contributed by atoms with Crippen LogP contribution in [0.15, 0.2) is 33.9 Å². The van der Waals surface area contributed by atoms with Gasteiger partial charge in [0.1, 0.15) is 5.82 Å². The molecule has 2 aromatic heterocycles. The normalized spacial score (nSPS) is 17.2. The van der Waals surface area contributed by atoms with Crippen LogP contribution in [-0.4, -0.2) is 48.9 Å². The fourth-order valence-corrected chi connectivity index (χ4v) is 3.00. The molecule has 0 saturated carbocycles. The van der Waals surface area contributed by atoms with E-state index in [0.29, 0.717) is 25.0 Å². The van der Waals surface area contributed by atoms with Crippen molar-refractivity contribution < 1.29 is 9.26 Å². The van der Waals surface area contributed by atoms with Crippen molar-refractivity contribution in [2.75, 3.05) is 31.6 Å². The molecule has 2 N–H and O–H groups in total. The SMILES string of the molecule is CN=C(NCc1ccc(N2CCOC(C)C2)nc1)NCc1cc(C(C)C)no1.I. The zero-order valence-electron chi connectivity index (χ0n) is 17.5. The van der Waals surface area contributed by atoms with Crippen LogP contribution in [0.25, 0.3) is 0 Å². The van der Waals surface area contributed by atoms with E-state index in [1.165, 1.54) is 0 Å². The fraction of sp³-hybridized carbons (Fsp3) is 0.550. The average molecular weight is 514 g/mol. The van der Waals surface area contributed by atoms with Crippen LogP contribution in [0.3, 0.4) is 0 Å². The Morgan fingerprint density at radius 3 is 2.72 bits per heavy atom. The smallest absolute Gasteiger partial charge is 0.191 e. The highest BCUT2D eigenvalue weighted by atomic mass is 127. The zero-order valence-corrected chi connectivity index (χ0v) is 19.8. The van der Waals surface area contributed by atoms with Crippen molar-refractivity contribution in [2.45, 2.75) is 45.9 Å². The van der Waals surface area contributed by atoms with Crippen LogP contribution in [0.5, 0.6) is 0 Å². The number of nitrogens with zero attached hydrogens (tertiary/aromatic N) is 4. The van der Waals surface area contributed by atoms with E-state index in [0.717, 1.165) is 42.5 Å². The minimum absolute atomic E-state index is 0. The van der Waals surface area contributed by atoms with Crippen molar-refractivity contribution in [3.8, 4) is 0 Å². The lowest BCUT2D eigenvalue weighted by Crippen LogP contribution is -2.41. The number of halogens is 1. The molecule has 1 saturated heterocycles.